The fourth-order valence-electron chi connectivity index (χ4n) is 1.48. The van der Waals surface area contributed by atoms with Crippen LogP contribution in [0, 0.1) is 5.82 Å². The molecular formula is C9H6BrFO. The summed E-state index contributed by atoms with van der Waals surface area (Å²) in [7, 11) is 0. The van der Waals surface area contributed by atoms with E-state index in [1.807, 2.05) is 0 Å². The fourth-order valence-corrected chi connectivity index (χ4v) is 2.10. The van der Waals surface area contributed by atoms with Gasteiger partial charge in [-0.05, 0) is 23.3 Å². The number of rotatable bonds is 0. The third-order valence-corrected chi connectivity index (χ3v) is 2.72. The average Bonchev–Trinajstić information content (AvgIpc) is 2.29. The lowest BCUT2D eigenvalue weighted by atomic mass is 10.1. The van der Waals surface area contributed by atoms with Crippen LogP contribution in [0.3, 0.4) is 0 Å². The number of ketones is 1. The van der Waals surface area contributed by atoms with Crippen molar-refractivity contribution < 1.29 is 9.18 Å². The molecule has 2 rings (SSSR count). The Bertz CT molecular complexity index is 360. The van der Waals surface area contributed by atoms with Crippen molar-refractivity contribution >= 4 is 21.7 Å². The number of fused-ring (bicyclic) bond motifs is 1. The van der Waals surface area contributed by atoms with Crippen molar-refractivity contribution in [3.8, 4) is 0 Å². The number of Topliss-reactive ketones (excluding diaryl/α,β-unsaturated/α-hetero) is 1. The number of hydrogen-bond donors (Lipinski definition) is 0. The lowest BCUT2D eigenvalue weighted by molar-refractivity contribution is -0.117. The second kappa shape index (κ2) is 2.66. The highest BCUT2D eigenvalue weighted by molar-refractivity contribution is 9.10. The Balaban J connectivity index is 2.59. The van der Waals surface area contributed by atoms with Crippen molar-refractivity contribution in [2.75, 3.05) is 0 Å². The van der Waals surface area contributed by atoms with Gasteiger partial charge >= 0.3 is 0 Å². The Morgan fingerprint density at radius 1 is 1.33 bits per heavy atom. The van der Waals surface area contributed by atoms with E-state index in [0.29, 0.717) is 17.3 Å². The van der Waals surface area contributed by atoms with Crippen LogP contribution in [0.5, 0.6) is 0 Å². The van der Waals surface area contributed by atoms with Gasteiger partial charge in [-0.2, -0.15) is 0 Å². The van der Waals surface area contributed by atoms with Gasteiger partial charge in [0, 0.05) is 17.3 Å². The maximum Gasteiger partial charge on any atom is 0.141 e. The molecule has 1 nitrogen and oxygen atoms in total. The number of benzene rings is 1. The zero-order valence-electron chi connectivity index (χ0n) is 6.23. The summed E-state index contributed by atoms with van der Waals surface area (Å²) in [6.45, 7) is 0. The zero-order chi connectivity index (χ0) is 8.72. The first-order valence-corrected chi connectivity index (χ1v) is 4.44. The summed E-state index contributed by atoms with van der Waals surface area (Å²) in [5, 5.41) is 0. The SMILES string of the molecule is O=C1Cc2cc(F)cc(Br)c2C1. The predicted molar refractivity (Wildman–Crippen MR) is 46.5 cm³/mol. The first-order chi connectivity index (χ1) is 5.66. The van der Waals surface area contributed by atoms with Gasteiger partial charge in [0.1, 0.15) is 11.6 Å². The topological polar surface area (TPSA) is 17.1 Å². The number of halogens is 2. The van der Waals surface area contributed by atoms with E-state index < -0.39 is 0 Å². The van der Waals surface area contributed by atoms with E-state index in [4.69, 9.17) is 0 Å². The second-order valence-electron chi connectivity index (χ2n) is 2.92. The van der Waals surface area contributed by atoms with Crippen molar-refractivity contribution in [2.45, 2.75) is 12.8 Å². The molecule has 0 aromatic heterocycles. The Morgan fingerprint density at radius 3 is 2.83 bits per heavy atom. The largest absolute Gasteiger partial charge is 0.299 e. The molecule has 0 aliphatic heterocycles. The van der Waals surface area contributed by atoms with E-state index >= 15 is 0 Å². The lowest BCUT2D eigenvalue weighted by Gasteiger charge is -2.00. The molecule has 1 aliphatic carbocycles. The minimum absolute atomic E-state index is 0.163. The molecule has 0 atom stereocenters. The fraction of sp³-hybridized carbons (Fsp3) is 0.222. The van der Waals surface area contributed by atoms with E-state index in [0.717, 1.165) is 11.1 Å². The van der Waals surface area contributed by atoms with Crippen molar-refractivity contribution in [2.24, 2.45) is 0 Å². The van der Waals surface area contributed by atoms with Crippen molar-refractivity contribution in [3.63, 3.8) is 0 Å². The van der Waals surface area contributed by atoms with Crippen LogP contribution in [-0.4, -0.2) is 5.78 Å². The summed E-state index contributed by atoms with van der Waals surface area (Å²) >= 11 is 3.23. The molecule has 3 heteroatoms. The van der Waals surface area contributed by atoms with E-state index in [2.05, 4.69) is 15.9 Å². The van der Waals surface area contributed by atoms with Gasteiger partial charge in [0.25, 0.3) is 0 Å². The van der Waals surface area contributed by atoms with Gasteiger partial charge in [-0.15, -0.1) is 0 Å². The number of hydrogen-bond acceptors (Lipinski definition) is 1. The Morgan fingerprint density at radius 2 is 2.08 bits per heavy atom. The highest BCUT2D eigenvalue weighted by Crippen LogP contribution is 2.28. The quantitative estimate of drug-likeness (QED) is 0.666. The molecule has 62 valence electrons. The predicted octanol–water partition coefficient (Wildman–Crippen LogP) is 2.26. The molecular weight excluding hydrogens is 223 g/mol. The van der Waals surface area contributed by atoms with Crippen LogP contribution >= 0.6 is 15.9 Å². The van der Waals surface area contributed by atoms with Gasteiger partial charge in [0.05, 0.1) is 0 Å². The Hall–Kier alpha value is -0.700. The molecule has 1 aromatic carbocycles. The van der Waals surface area contributed by atoms with E-state index in [9.17, 15) is 9.18 Å². The Kier molecular flexibility index (Phi) is 1.76. The molecule has 1 aliphatic rings. The maximum atomic E-state index is 12.8. The first-order valence-electron chi connectivity index (χ1n) is 3.65. The minimum Gasteiger partial charge on any atom is -0.299 e. The summed E-state index contributed by atoms with van der Waals surface area (Å²) in [6.07, 6.45) is 0.821. The third kappa shape index (κ3) is 1.18. The summed E-state index contributed by atoms with van der Waals surface area (Å²) in [4.78, 5) is 11.0. The van der Waals surface area contributed by atoms with Crippen LogP contribution in [0.25, 0.3) is 0 Å². The van der Waals surface area contributed by atoms with E-state index in [1.165, 1.54) is 12.1 Å². The first kappa shape index (κ1) is 7.92. The molecule has 0 saturated carbocycles. The van der Waals surface area contributed by atoms with E-state index in [-0.39, 0.29) is 11.6 Å². The number of carbonyl (C=O) groups excluding carboxylic acids is 1. The van der Waals surface area contributed by atoms with E-state index in [1.54, 1.807) is 0 Å². The molecule has 0 amide bonds. The van der Waals surface area contributed by atoms with Gasteiger partial charge in [-0.3, -0.25) is 4.79 Å². The average molecular weight is 229 g/mol. The lowest BCUT2D eigenvalue weighted by Crippen LogP contribution is -1.92. The van der Waals surface area contributed by atoms with Gasteiger partial charge in [-0.25, -0.2) is 4.39 Å². The molecule has 0 saturated heterocycles. The molecule has 0 unspecified atom stereocenters. The molecule has 0 heterocycles. The standard InChI is InChI=1S/C9H6BrFO/c10-9-3-6(11)1-5-2-7(12)4-8(5)9/h1,3H,2,4H2. The molecule has 0 radical (unpaired) electrons. The summed E-state index contributed by atoms with van der Waals surface area (Å²) in [5.41, 5.74) is 1.77. The van der Waals surface area contributed by atoms with Gasteiger partial charge in [-0.1, -0.05) is 15.9 Å². The van der Waals surface area contributed by atoms with Gasteiger partial charge in [0.2, 0.25) is 0 Å². The van der Waals surface area contributed by atoms with Crippen LogP contribution in [0.15, 0.2) is 16.6 Å². The highest BCUT2D eigenvalue weighted by Gasteiger charge is 2.21. The van der Waals surface area contributed by atoms with Crippen LogP contribution in [-0.2, 0) is 17.6 Å². The molecule has 0 N–H and O–H groups in total. The van der Waals surface area contributed by atoms with Crippen LogP contribution in [0.4, 0.5) is 4.39 Å². The minimum atomic E-state index is -0.282. The molecule has 0 fully saturated rings. The monoisotopic (exact) mass is 228 g/mol. The second-order valence-corrected chi connectivity index (χ2v) is 3.77. The normalized spacial score (nSPS) is 15.0. The van der Waals surface area contributed by atoms with Crippen LogP contribution < -0.4 is 0 Å². The highest BCUT2D eigenvalue weighted by atomic mass is 79.9. The Labute approximate surface area is 77.7 Å². The molecule has 12 heavy (non-hydrogen) atoms. The van der Waals surface area contributed by atoms with Crippen molar-refractivity contribution in [3.05, 3.63) is 33.5 Å². The smallest absolute Gasteiger partial charge is 0.141 e. The summed E-state index contributed by atoms with van der Waals surface area (Å²) in [5.74, 6) is -0.119. The van der Waals surface area contributed by atoms with Gasteiger partial charge < -0.3 is 0 Å². The van der Waals surface area contributed by atoms with Crippen molar-refractivity contribution in [1.82, 2.24) is 0 Å². The molecule has 1 aromatic rings. The maximum absolute atomic E-state index is 12.8. The van der Waals surface area contributed by atoms with Crippen LogP contribution in [0.1, 0.15) is 11.1 Å². The summed E-state index contributed by atoms with van der Waals surface area (Å²) in [6, 6.07) is 2.84. The number of carbonyl (C=O) groups is 1. The molecule has 0 spiro atoms. The van der Waals surface area contributed by atoms with Gasteiger partial charge in [0.15, 0.2) is 0 Å². The van der Waals surface area contributed by atoms with Crippen molar-refractivity contribution in [1.29, 1.82) is 0 Å². The third-order valence-electron chi connectivity index (χ3n) is 2.01. The summed E-state index contributed by atoms with van der Waals surface area (Å²) < 4.78 is 13.5. The zero-order valence-corrected chi connectivity index (χ0v) is 7.82. The van der Waals surface area contributed by atoms with Crippen LogP contribution in [0.2, 0.25) is 0 Å². The molecule has 0 bridgehead atoms.